The summed E-state index contributed by atoms with van der Waals surface area (Å²) in [6, 6.07) is 13.7. The quantitative estimate of drug-likeness (QED) is 0.767. The number of aliphatic imine (C=N–C) groups is 1. The molecule has 5 nitrogen and oxygen atoms in total. The number of nitrogens with zero attached hydrogens (tertiary/aromatic N) is 2. The monoisotopic (exact) mass is 418 g/mol. The van der Waals surface area contributed by atoms with Gasteiger partial charge in [0.15, 0.2) is 15.0 Å². The molecule has 0 saturated carbocycles. The number of anilines is 1. The molecule has 2 fully saturated rings. The predicted molar refractivity (Wildman–Crippen MR) is 110 cm³/mol. The summed E-state index contributed by atoms with van der Waals surface area (Å²) >= 11 is 1.29. The first kappa shape index (κ1) is 19.1. The van der Waals surface area contributed by atoms with Crippen LogP contribution in [-0.2, 0) is 21.1 Å². The van der Waals surface area contributed by atoms with E-state index in [2.05, 4.69) is 4.99 Å². The number of rotatable bonds is 3. The van der Waals surface area contributed by atoms with Crippen LogP contribution in [0.15, 0.2) is 53.5 Å². The Morgan fingerprint density at radius 1 is 1.21 bits per heavy atom. The first-order chi connectivity index (χ1) is 13.3. The van der Waals surface area contributed by atoms with Crippen LogP contribution in [-0.4, -0.2) is 42.3 Å². The SMILES string of the molecule is Cc1ccc(N2C(=NC(=O)Cc3ccccc3)S[C@H]3CS(=O)(=O)C[C@H]32)cc1F. The van der Waals surface area contributed by atoms with Crippen molar-refractivity contribution in [3.05, 3.63) is 65.5 Å². The first-order valence-electron chi connectivity index (χ1n) is 8.90. The number of hydrogen-bond acceptors (Lipinski definition) is 4. The first-order valence-corrected chi connectivity index (χ1v) is 11.6. The van der Waals surface area contributed by atoms with Gasteiger partial charge in [0, 0.05) is 10.9 Å². The number of amides is 1. The van der Waals surface area contributed by atoms with Crippen molar-refractivity contribution in [2.45, 2.75) is 24.6 Å². The van der Waals surface area contributed by atoms with Gasteiger partial charge in [0.1, 0.15) is 5.82 Å². The van der Waals surface area contributed by atoms with E-state index in [0.29, 0.717) is 16.4 Å². The second-order valence-electron chi connectivity index (χ2n) is 7.05. The second-order valence-corrected chi connectivity index (χ2v) is 10.4. The zero-order valence-corrected chi connectivity index (χ0v) is 16.8. The smallest absolute Gasteiger partial charge is 0.252 e. The van der Waals surface area contributed by atoms with Gasteiger partial charge in [-0.05, 0) is 30.2 Å². The van der Waals surface area contributed by atoms with Crippen molar-refractivity contribution < 1.29 is 17.6 Å². The van der Waals surface area contributed by atoms with Gasteiger partial charge in [-0.3, -0.25) is 4.79 Å². The largest absolute Gasteiger partial charge is 0.315 e. The summed E-state index contributed by atoms with van der Waals surface area (Å²) < 4.78 is 38.3. The van der Waals surface area contributed by atoms with Gasteiger partial charge in [0.2, 0.25) is 0 Å². The van der Waals surface area contributed by atoms with Gasteiger partial charge in [0.25, 0.3) is 5.91 Å². The summed E-state index contributed by atoms with van der Waals surface area (Å²) in [4.78, 5) is 18.5. The zero-order valence-electron chi connectivity index (χ0n) is 15.2. The molecule has 0 spiro atoms. The Morgan fingerprint density at radius 3 is 2.68 bits per heavy atom. The lowest BCUT2D eigenvalue weighted by atomic mass is 10.1. The summed E-state index contributed by atoms with van der Waals surface area (Å²) in [5.74, 6) is -0.665. The van der Waals surface area contributed by atoms with E-state index in [1.165, 1.54) is 17.8 Å². The number of fused-ring (bicyclic) bond motifs is 1. The fraction of sp³-hybridized carbons (Fsp3) is 0.300. The van der Waals surface area contributed by atoms with Crippen molar-refractivity contribution in [2.75, 3.05) is 16.4 Å². The topological polar surface area (TPSA) is 66.8 Å². The number of aryl methyl sites for hydroxylation is 1. The van der Waals surface area contributed by atoms with E-state index in [1.807, 2.05) is 30.3 Å². The van der Waals surface area contributed by atoms with Crippen LogP contribution < -0.4 is 4.90 Å². The lowest BCUT2D eigenvalue weighted by Crippen LogP contribution is -2.37. The normalized spacial score (nSPS) is 24.5. The standard InChI is InChI=1S/C20H19FN2O3S2/c1-13-7-8-15(10-16(13)21)23-17-11-28(25,26)12-18(17)27-20(23)22-19(24)9-14-5-3-2-4-6-14/h2-8,10,17-18H,9,11-12H2,1H3/t17-,18+/m1/s1. The average molecular weight is 419 g/mol. The summed E-state index contributed by atoms with van der Waals surface area (Å²) in [6.07, 6.45) is 0.161. The molecule has 146 valence electrons. The molecule has 0 aromatic heterocycles. The molecule has 0 unspecified atom stereocenters. The van der Waals surface area contributed by atoms with Crippen LogP contribution in [0.4, 0.5) is 10.1 Å². The Kier molecular flexibility index (Phi) is 5.01. The molecule has 0 aliphatic carbocycles. The molecule has 4 rings (SSSR count). The Morgan fingerprint density at radius 2 is 1.96 bits per heavy atom. The Bertz CT molecular complexity index is 1050. The van der Waals surface area contributed by atoms with Crippen LogP contribution in [0.2, 0.25) is 0 Å². The maximum absolute atomic E-state index is 14.1. The van der Waals surface area contributed by atoms with Gasteiger partial charge in [-0.2, -0.15) is 4.99 Å². The molecule has 2 aliphatic rings. The molecule has 28 heavy (non-hydrogen) atoms. The number of thioether (sulfide) groups is 1. The predicted octanol–water partition coefficient (Wildman–Crippen LogP) is 2.98. The molecule has 2 aromatic carbocycles. The number of sulfone groups is 1. The second kappa shape index (κ2) is 7.33. The zero-order chi connectivity index (χ0) is 19.9. The van der Waals surface area contributed by atoms with E-state index in [9.17, 15) is 17.6 Å². The van der Waals surface area contributed by atoms with Gasteiger partial charge in [0.05, 0.1) is 24.0 Å². The highest BCUT2D eigenvalue weighted by molar-refractivity contribution is 8.16. The molecule has 2 atom stereocenters. The van der Waals surface area contributed by atoms with Crippen LogP contribution in [0.25, 0.3) is 0 Å². The fourth-order valence-electron chi connectivity index (χ4n) is 3.51. The van der Waals surface area contributed by atoms with Gasteiger partial charge < -0.3 is 4.90 Å². The summed E-state index contributed by atoms with van der Waals surface area (Å²) in [5, 5.41) is 0.228. The van der Waals surface area contributed by atoms with Gasteiger partial charge in [-0.15, -0.1) is 0 Å². The summed E-state index contributed by atoms with van der Waals surface area (Å²) in [5.41, 5.74) is 1.88. The lowest BCUT2D eigenvalue weighted by Gasteiger charge is -2.24. The minimum absolute atomic E-state index is 0.0218. The Hall–Kier alpha value is -2.19. The number of benzene rings is 2. The highest BCUT2D eigenvalue weighted by atomic mass is 32.2. The number of carbonyl (C=O) groups excluding carboxylic acids is 1. The van der Waals surface area contributed by atoms with Crippen molar-refractivity contribution in [3.63, 3.8) is 0 Å². The van der Waals surface area contributed by atoms with E-state index >= 15 is 0 Å². The maximum Gasteiger partial charge on any atom is 0.252 e. The number of amidine groups is 1. The summed E-state index contributed by atoms with van der Waals surface area (Å²) in [7, 11) is -3.16. The molecule has 2 aliphatic heterocycles. The van der Waals surface area contributed by atoms with Crippen LogP contribution in [0.5, 0.6) is 0 Å². The molecule has 0 N–H and O–H groups in total. The van der Waals surface area contributed by atoms with Crippen LogP contribution in [0, 0.1) is 12.7 Å². The molecule has 2 aromatic rings. The van der Waals surface area contributed by atoms with E-state index in [0.717, 1.165) is 5.56 Å². The molecular formula is C20H19FN2O3S2. The van der Waals surface area contributed by atoms with Gasteiger partial charge in [-0.1, -0.05) is 48.2 Å². The van der Waals surface area contributed by atoms with Crippen molar-refractivity contribution in [3.8, 4) is 0 Å². The van der Waals surface area contributed by atoms with E-state index in [-0.39, 0.29) is 40.9 Å². The molecule has 0 bridgehead atoms. The number of hydrogen-bond donors (Lipinski definition) is 0. The average Bonchev–Trinajstić information content (AvgIpc) is 3.09. The van der Waals surface area contributed by atoms with E-state index < -0.39 is 9.84 Å². The van der Waals surface area contributed by atoms with Crippen molar-refractivity contribution >= 4 is 38.4 Å². The molecule has 1 amide bonds. The molecule has 2 saturated heterocycles. The highest BCUT2D eigenvalue weighted by Gasteiger charge is 2.49. The minimum Gasteiger partial charge on any atom is -0.315 e. The Balaban J connectivity index is 1.67. The van der Waals surface area contributed by atoms with Crippen LogP contribution >= 0.6 is 11.8 Å². The van der Waals surface area contributed by atoms with Gasteiger partial charge in [-0.25, -0.2) is 12.8 Å². The molecular weight excluding hydrogens is 399 g/mol. The Labute approximate surface area is 167 Å². The molecule has 8 heteroatoms. The van der Waals surface area contributed by atoms with E-state index in [1.54, 1.807) is 24.0 Å². The maximum atomic E-state index is 14.1. The number of halogens is 1. The van der Waals surface area contributed by atoms with Crippen molar-refractivity contribution in [2.24, 2.45) is 4.99 Å². The third-order valence-electron chi connectivity index (χ3n) is 4.92. The van der Waals surface area contributed by atoms with E-state index in [4.69, 9.17) is 0 Å². The van der Waals surface area contributed by atoms with Crippen LogP contribution in [0.3, 0.4) is 0 Å². The molecule has 2 heterocycles. The third-order valence-corrected chi connectivity index (χ3v) is 8.13. The van der Waals surface area contributed by atoms with Crippen molar-refractivity contribution in [1.29, 1.82) is 0 Å². The van der Waals surface area contributed by atoms with Crippen LogP contribution in [0.1, 0.15) is 11.1 Å². The summed E-state index contributed by atoms with van der Waals surface area (Å²) in [6.45, 7) is 1.67. The lowest BCUT2D eigenvalue weighted by molar-refractivity contribution is -0.117. The third kappa shape index (κ3) is 3.84. The van der Waals surface area contributed by atoms with Crippen molar-refractivity contribution in [1.82, 2.24) is 0 Å². The van der Waals surface area contributed by atoms with Gasteiger partial charge >= 0.3 is 0 Å². The minimum atomic E-state index is -3.16. The fourth-order valence-corrected chi connectivity index (χ4v) is 7.45. The molecule has 0 radical (unpaired) electrons. The highest BCUT2D eigenvalue weighted by Crippen LogP contribution is 2.41. The number of carbonyl (C=O) groups is 1.